The minimum absolute atomic E-state index is 0.203. The number of carbonyl (C=O) groups excluding carboxylic acids is 1. The summed E-state index contributed by atoms with van der Waals surface area (Å²) >= 11 is 9.23. The van der Waals surface area contributed by atoms with Crippen molar-refractivity contribution in [3.8, 4) is 0 Å². The fraction of sp³-hybridized carbons (Fsp3) is 0.133. The van der Waals surface area contributed by atoms with E-state index in [0.717, 1.165) is 5.56 Å². The minimum Gasteiger partial charge on any atom is -0.350 e. The predicted molar refractivity (Wildman–Crippen MR) is 84.9 cm³/mol. The first-order valence-electron chi connectivity index (χ1n) is 6.11. The van der Waals surface area contributed by atoms with Gasteiger partial charge in [0.05, 0.1) is 5.56 Å². The Balaban J connectivity index is 2.00. The topological polar surface area (TPSA) is 55.1 Å². The molecule has 0 fully saturated rings. The van der Waals surface area contributed by atoms with Gasteiger partial charge in [-0.05, 0) is 39.7 Å². The van der Waals surface area contributed by atoms with Crippen LogP contribution in [0.4, 0.5) is 0 Å². The summed E-state index contributed by atoms with van der Waals surface area (Å²) in [6.45, 7) is 0.363. The molecule has 0 spiro atoms. The third-order valence-electron chi connectivity index (χ3n) is 2.88. The first-order chi connectivity index (χ1) is 9.58. The summed E-state index contributed by atoms with van der Waals surface area (Å²) in [5.41, 5.74) is 7.52. The molecule has 1 atom stereocenters. The van der Waals surface area contributed by atoms with E-state index in [9.17, 15) is 4.79 Å². The summed E-state index contributed by atoms with van der Waals surface area (Å²) in [5, 5.41) is 3.33. The van der Waals surface area contributed by atoms with Crippen LogP contribution in [0, 0.1) is 0 Å². The Morgan fingerprint density at radius 1 is 1.25 bits per heavy atom. The average molecular weight is 354 g/mol. The van der Waals surface area contributed by atoms with Gasteiger partial charge in [-0.15, -0.1) is 0 Å². The number of hydrogen-bond acceptors (Lipinski definition) is 2. The number of nitrogens with one attached hydrogen (secondary N) is 1. The number of nitrogens with two attached hydrogens (primary N) is 1. The van der Waals surface area contributed by atoms with Crippen LogP contribution in [-0.4, -0.2) is 12.5 Å². The third kappa shape index (κ3) is 3.82. The molecular formula is C15H14BrClN2O. The fourth-order valence-corrected chi connectivity index (χ4v) is 2.39. The van der Waals surface area contributed by atoms with Crippen LogP contribution in [0.25, 0.3) is 0 Å². The summed E-state index contributed by atoms with van der Waals surface area (Å²) in [6, 6.07) is 14.5. The second-order valence-electron chi connectivity index (χ2n) is 4.35. The van der Waals surface area contributed by atoms with Crippen LogP contribution in [0.15, 0.2) is 53.0 Å². The molecule has 1 amide bonds. The van der Waals surface area contributed by atoms with Crippen molar-refractivity contribution >= 4 is 33.4 Å². The van der Waals surface area contributed by atoms with Crippen LogP contribution in [-0.2, 0) is 0 Å². The molecule has 104 valence electrons. The Bertz CT molecular complexity index is 604. The van der Waals surface area contributed by atoms with E-state index in [4.69, 9.17) is 17.3 Å². The predicted octanol–water partition coefficient (Wildman–Crippen LogP) is 3.53. The van der Waals surface area contributed by atoms with Gasteiger partial charge in [-0.3, -0.25) is 4.79 Å². The second-order valence-corrected chi connectivity index (χ2v) is 5.64. The molecule has 0 heterocycles. The smallest absolute Gasteiger partial charge is 0.252 e. The molecule has 0 aliphatic rings. The molecule has 0 saturated heterocycles. The number of rotatable bonds is 4. The number of halogens is 2. The first-order valence-corrected chi connectivity index (χ1v) is 7.29. The molecule has 0 saturated carbocycles. The highest BCUT2D eigenvalue weighted by molar-refractivity contribution is 9.10. The van der Waals surface area contributed by atoms with E-state index in [2.05, 4.69) is 21.2 Å². The molecule has 3 N–H and O–H groups in total. The lowest BCUT2D eigenvalue weighted by Crippen LogP contribution is -2.32. The van der Waals surface area contributed by atoms with Gasteiger partial charge in [0.2, 0.25) is 0 Å². The van der Waals surface area contributed by atoms with Gasteiger partial charge in [-0.2, -0.15) is 0 Å². The Kier molecular flexibility index (Phi) is 5.17. The fourth-order valence-electron chi connectivity index (χ4n) is 1.79. The van der Waals surface area contributed by atoms with Crippen LogP contribution in [0.5, 0.6) is 0 Å². The summed E-state index contributed by atoms with van der Waals surface area (Å²) < 4.78 is 0.702. The van der Waals surface area contributed by atoms with E-state index in [0.29, 0.717) is 21.6 Å². The lowest BCUT2D eigenvalue weighted by molar-refractivity contribution is 0.0950. The van der Waals surface area contributed by atoms with Crippen molar-refractivity contribution in [3.05, 3.63) is 69.2 Å². The lowest BCUT2D eigenvalue weighted by atomic mass is 10.1. The molecule has 3 nitrogen and oxygen atoms in total. The summed E-state index contributed by atoms with van der Waals surface area (Å²) in [5.74, 6) is -0.203. The molecule has 0 aliphatic heterocycles. The normalized spacial score (nSPS) is 11.9. The van der Waals surface area contributed by atoms with E-state index in [1.807, 2.05) is 30.3 Å². The van der Waals surface area contributed by atoms with Crippen molar-refractivity contribution in [2.45, 2.75) is 6.04 Å². The van der Waals surface area contributed by atoms with E-state index < -0.39 is 0 Å². The summed E-state index contributed by atoms with van der Waals surface area (Å²) in [6.07, 6.45) is 0. The largest absolute Gasteiger partial charge is 0.350 e. The van der Waals surface area contributed by atoms with Gasteiger partial charge in [0, 0.05) is 22.1 Å². The standard InChI is InChI=1S/C15H14BrClN2O/c16-13-7-6-11(17)8-12(13)15(20)19-9-14(18)10-4-2-1-3-5-10/h1-8,14H,9,18H2,(H,19,20). The molecule has 2 aromatic carbocycles. The van der Waals surface area contributed by atoms with Crippen molar-refractivity contribution in [2.24, 2.45) is 5.73 Å². The Labute approximate surface area is 131 Å². The molecule has 0 aromatic heterocycles. The third-order valence-corrected chi connectivity index (χ3v) is 3.81. The maximum atomic E-state index is 12.1. The Morgan fingerprint density at radius 3 is 2.65 bits per heavy atom. The quantitative estimate of drug-likeness (QED) is 0.883. The maximum absolute atomic E-state index is 12.1. The number of amides is 1. The highest BCUT2D eigenvalue weighted by Crippen LogP contribution is 2.21. The Morgan fingerprint density at radius 2 is 1.95 bits per heavy atom. The van der Waals surface area contributed by atoms with Crippen LogP contribution in [0.3, 0.4) is 0 Å². The van der Waals surface area contributed by atoms with E-state index in [-0.39, 0.29) is 11.9 Å². The van der Waals surface area contributed by atoms with Gasteiger partial charge in [0.15, 0.2) is 0 Å². The molecule has 2 rings (SSSR count). The molecule has 2 aromatic rings. The second kappa shape index (κ2) is 6.88. The van der Waals surface area contributed by atoms with Gasteiger partial charge in [0.25, 0.3) is 5.91 Å². The van der Waals surface area contributed by atoms with Gasteiger partial charge < -0.3 is 11.1 Å². The zero-order valence-electron chi connectivity index (χ0n) is 10.6. The highest BCUT2D eigenvalue weighted by Gasteiger charge is 2.12. The van der Waals surface area contributed by atoms with Gasteiger partial charge >= 0.3 is 0 Å². The number of benzene rings is 2. The lowest BCUT2D eigenvalue weighted by Gasteiger charge is -2.13. The number of hydrogen-bond donors (Lipinski definition) is 2. The van der Waals surface area contributed by atoms with Crippen molar-refractivity contribution in [1.82, 2.24) is 5.32 Å². The van der Waals surface area contributed by atoms with Gasteiger partial charge in [-0.25, -0.2) is 0 Å². The van der Waals surface area contributed by atoms with Crippen LogP contribution >= 0.6 is 27.5 Å². The van der Waals surface area contributed by atoms with Crippen LogP contribution in [0.1, 0.15) is 22.0 Å². The van der Waals surface area contributed by atoms with Crippen molar-refractivity contribution in [1.29, 1.82) is 0 Å². The summed E-state index contributed by atoms with van der Waals surface area (Å²) in [4.78, 5) is 12.1. The monoisotopic (exact) mass is 352 g/mol. The molecule has 20 heavy (non-hydrogen) atoms. The van der Waals surface area contributed by atoms with Crippen LogP contribution in [0.2, 0.25) is 5.02 Å². The average Bonchev–Trinajstić information content (AvgIpc) is 2.47. The van der Waals surface area contributed by atoms with Gasteiger partial charge in [0.1, 0.15) is 0 Å². The molecule has 1 unspecified atom stereocenters. The zero-order chi connectivity index (χ0) is 14.5. The number of carbonyl (C=O) groups is 1. The molecule has 0 radical (unpaired) electrons. The maximum Gasteiger partial charge on any atom is 0.252 e. The molecular weight excluding hydrogens is 340 g/mol. The summed E-state index contributed by atoms with van der Waals surface area (Å²) in [7, 11) is 0. The zero-order valence-corrected chi connectivity index (χ0v) is 13.0. The molecule has 0 aliphatic carbocycles. The first kappa shape index (κ1) is 15.0. The molecule has 5 heteroatoms. The van der Waals surface area contributed by atoms with Crippen molar-refractivity contribution in [2.75, 3.05) is 6.54 Å². The van der Waals surface area contributed by atoms with E-state index in [1.165, 1.54) is 0 Å². The van der Waals surface area contributed by atoms with Crippen molar-refractivity contribution < 1.29 is 4.79 Å². The highest BCUT2D eigenvalue weighted by atomic mass is 79.9. The minimum atomic E-state index is -0.238. The van der Waals surface area contributed by atoms with Gasteiger partial charge in [-0.1, -0.05) is 41.9 Å². The van der Waals surface area contributed by atoms with E-state index >= 15 is 0 Å². The van der Waals surface area contributed by atoms with E-state index in [1.54, 1.807) is 18.2 Å². The Hall–Kier alpha value is -1.36. The van der Waals surface area contributed by atoms with Crippen LogP contribution < -0.4 is 11.1 Å². The van der Waals surface area contributed by atoms with Crippen molar-refractivity contribution in [3.63, 3.8) is 0 Å². The SMILES string of the molecule is NC(CNC(=O)c1cc(Cl)ccc1Br)c1ccccc1. The molecule has 0 bridgehead atoms.